The molecule has 0 spiro atoms. The van der Waals surface area contributed by atoms with Gasteiger partial charge in [0.1, 0.15) is 5.75 Å². The third-order valence-corrected chi connectivity index (χ3v) is 8.94. The Balaban J connectivity index is 1.20. The van der Waals surface area contributed by atoms with Crippen molar-refractivity contribution in [3.8, 4) is 5.75 Å². The lowest BCUT2D eigenvalue weighted by Gasteiger charge is -2.50. The predicted molar refractivity (Wildman–Crippen MR) is 139 cm³/mol. The highest BCUT2D eigenvalue weighted by molar-refractivity contribution is 6.30. The summed E-state index contributed by atoms with van der Waals surface area (Å²) in [4.78, 5) is 14.4. The average Bonchev–Trinajstić information content (AvgIpc) is 2.79. The van der Waals surface area contributed by atoms with Crippen LogP contribution >= 0.6 is 11.6 Å². The molecular formula is C29H37ClN2O2. The Bertz CT molecular complexity index is 1020. The summed E-state index contributed by atoms with van der Waals surface area (Å²) in [7, 11) is 0. The molecule has 2 aromatic rings. The SMILES string of the molecule is CC1CCC(COc2ccc3c(c2)NC(=O)CC3)CN1CC(C)C1(c2ccc(Cl)cc2)CCC1. The van der Waals surface area contributed by atoms with Gasteiger partial charge in [-0.3, -0.25) is 9.69 Å². The Labute approximate surface area is 209 Å². The third kappa shape index (κ3) is 4.85. The van der Waals surface area contributed by atoms with Gasteiger partial charge in [-0.2, -0.15) is 0 Å². The van der Waals surface area contributed by atoms with Crippen molar-refractivity contribution in [1.82, 2.24) is 4.90 Å². The number of nitrogens with zero attached hydrogens (tertiary/aromatic N) is 1. The Morgan fingerprint density at radius 1 is 1.15 bits per heavy atom. The second kappa shape index (κ2) is 9.91. The van der Waals surface area contributed by atoms with Crippen LogP contribution in [0.3, 0.4) is 0 Å². The van der Waals surface area contributed by atoms with Gasteiger partial charge in [0.05, 0.1) is 6.61 Å². The molecule has 3 aliphatic rings. The number of amides is 1. The molecule has 3 atom stereocenters. The number of nitrogens with one attached hydrogen (secondary N) is 1. The normalized spacial score (nSPS) is 25.1. The van der Waals surface area contributed by atoms with E-state index in [2.05, 4.69) is 42.3 Å². The van der Waals surface area contributed by atoms with Crippen molar-refractivity contribution in [3.05, 3.63) is 58.6 Å². The second-order valence-corrected chi connectivity index (χ2v) is 11.3. The fourth-order valence-corrected chi connectivity index (χ4v) is 6.37. The summed E-state index contributed by atoms with van der Waals surface area (Å²) in [6.45, 7) is 7.77. The van der Waals surface area contributed by atoms with E-state index in [0.29, 0.717) is 29.7 Å². The summed E-state index contributed by atoms with van der Waals surface area (Å²) in [5.41, 5.74) is 3.86. The molecule has 182 valence electrons. The number of piperidine rings is 1. The van der Waals surface area contributed by atoms with E-state index >= 15 is 0 Å². The molecule has 2 fully saturated rings. The molecule has 0 bridgehead atoms. The number of carbonyl (C=O) groups is 1. The van der Waals surface area contributed by atoms with E-state index in [1.54, 1.807) is 0 Å². The van der Waals surface area contributed by atoms with Gasteiger partial charge in [0.15, 0.2) is 0 Å². The van der Waals surface area contributed by atoms with Crippen molar-refractivity contribution in [1.29, 1.82) is 0 Å². The van der Waals surface area contributed by atoms with E-state index in [1.165, 1.54) is 43.2 Å². The summed E-state index contributed by atoms with van der Waals surface area (Å²) < 4.78 is 6.23. The first kappa shape index (κ1) is 23.7. The standard InChI is InChI=1S/C29H37ClN2O2/c1-20(29(14-3-15-29)24-8-10-25(30)11-9-24)17-32-18-22(5-4-21(32)2)19-34-26-12-6-23-7-13-28(33)31-27(23)16-26/h6,8-12,16,20-22H,3-5,7,13-15,17-19H2,1-2H3,(H,31,33). The fraction of sp³-hybridized carbons (Fsp3) is 0.552. The lowest BCUT2D eigenvalue weighted by atomic mass is 9.58. The monoisotopic (exact) mass is 480 g/mol. The van der Waals surface area contributed by atoms with Gasteiger partial charge in [0, 0.05) is 48.2 Å². The zero-order chi connectivity index (χ0) is 23.7. The maximum absolute atomic E-state index is 11.7. The van der Waals surface area contributed by atoms with Crippen molar-refractivity contribution in [2.24, 2.45) is 11.8 Å². The second-order valence-electron chi connectivity index (χ2n) is 10.8. The van der Waals surface area contributed by atoms with E-state index in [1.807, 2.05) is 24.3 Å². The first-order valence-corrected chi connectivity index (χ1v) is 13.4. The minimum absolute atomic E-state index is 0.0958. The van der Waals surface area contributed by atoms with Gasteiger partial charge in [-0.1, -0.05) is 43.1 Å². The molecule has 1 aliphatic carbocycles. The van der Waals surface area contributed by atoms with Crippen molar-refractivity contribution in [2.75, 3.05) is 25.0 Å². The van der Waals surface area contributed by atoms with E-state index < -0.39 is 0 Å². The summed E-state index contributed by atoms with van der Waals surface area (Å²) in [5, 5.41) is 3.80. The van der Waals surface area contributed by atoms with E-state index in [9.17, 15) is 4.79 Å². The lowest BCUT2D eigenvalue weighted by Crippen LogP contribution is -2.50. The van der Waals surface area contributed by atoms with Gasteiger partial charge in [-0.15, -0.1) is 0 Å². The molecule has 1 N–H and O–H groups in total. The van der Waals surface area contributed by atoms with Crippen LogP contribution in [-0.4, -0.2) is 36.5 Å². The molecule has 0 radical (unpaired) electrons. The summed E-state index contributed by atoms with van der Waals surface area (Å²) in [5.74, 6) is 2.09. The number of ether oxygens (including phenoxy) is 1. The van der Waals surface area contributed by atoms with Gasteiger partial charge in [-0.05, 0) is 79.7 Å². The topological polar surface area (TPSA) is 41.6 Å². The van der Waals surface area contributed by atoms with Gasteiger partial charge in [0.25, 0.3) is 0 Å². The Kier molecular flexibility index (Phi) is 6.90. The molecule has 1 amide bonds. The minimum Gasteiger partial charge on any atom is -0.493 e. The van der Waals surface area contributed by atoms with Crippen LogP contribution in [0.25, 0.3) is 0 Å². The number of likely N-dealkylation sites (tertiary alicyclic amines) is 1. The number of fused-ring (bicyclic) bond motifs is 1. The molecule has 2 aromatic carbocycles. The van der Waals surface area contributed by atoms with Crippen LogP contribution in [0, 0.1) is 11.8 Å². The third-order valence-electron chi connectivity index (χ3n) is 8.69. The maximum atomic E-state index is 11.7. The van der Waals surface area contributed by atoms with Crippen molar-refractivity contribution < 1.29 is 9.53 Å². The first-order valence-electron chi connectivity index (χ1n) is 13.0. The molecule has 4 nitrogen and oxygen atoms in total. The molecule has 1 saturated heterocycles. The van der Waals surface area contributed by atoms with Gasteiger partial charge < -0.3 is 10.1 Å². The Morgan fingerprint density at radius 2 is 1.94 bits per heavy atom. The predicted octanol–water partition coefficient (Wildman–Crippen LogP) is 6.46. The van der Waals surface area contributed by atoms with Gasteiger partial charge >= 0.3 is 0 Å². The van der Waals surface area contributed by atoms with Crippen LogP contribution in [0.15, 0.2) is 42.5 Å². The van der Waals surface area contributed by atoms with Crippen LogP contribution in [0.5, 0.6) is 5.75 Å². The highest BCUT2D eigenvalue weighted by Gasteiger charge is 2.44. The summed E-state index contributed by atoms with van der Waals surface area (Å²) >= 11 is 6.17. The van der Waals surface area contributed by atoms with Gasteiger partial charge in [0.2, 0.25) is 5.91 Å². The van der Waals surface area contributed by atoms with Crippen LogP contribution in [0.1, 0.15) is 63.5 Å². The van der Waals surface area contributed by atoms with E-state index in [-0.39, 0.29) is 5.91 Å². The molecule has 2 heterocycles. The number of hydrogen-bond donors (Lipinski definition) is 1. The zero-order valence-corrected chi connectivity index (χ0v) is 21.2. The lowest BCUT2D eigenvalue weighted by molar-refractivity contribution is -0.116. The van der Waals surface area contributed by atoms with Crippen molar-refractivity contribution >= 4 is 23.2 Å². The van der Waals surface area contributed by atoms with E-state index in [0.717, 1.165) is 42.6 Å². The Morgan fingerprint density at radius 3 is 2.68 bits per heavy atom. The minimum atomic E-state index is 0.0958. The smallest absolute Gasteiger partial charge is 0.224 e. The van der Waals surface area contributed by atoms with Crippen LogP contribution in [0.4, 0.5) is 5.69 Å². The number of anilines is 1. The number of carbonyl (C=O) groups excluding carboxylic acids is 1. The number of hydrogen-bond acceptors (Lipinski definition) is 3. The number of benzene rings is 2. The molecule has 3 unspecified atom stereocenters. The number of rotatable bonds is 7. The van der Waals surface area contributed by atoms with E-state index in [4.69, 9.17) is 16.3 Å². The zero-order valence-electron chi connectivity index (χ0n) is 20.5. The van der Waals surface area contributed by atoms with Crippen LogP contribution < -0.4 is 10.1 Å². The quantitative estimate of drug-likeness (QED) is 0.494. The molecular weight excluding hydrogens is 444 g/mol. The van der Waals surface area contributed by atoms with Crippen LogP contribution in [0.2, 0.25) is 5.02 Å². The molecule has 2 aliphatic heterocycles. The number of aryl methyl sites for hydroxylation is 1. The van der Waals surface area contributed by atoms with Crippen LogP contribution in [-0.2, 0) is 16.6 Å². The number of halogens is 1. The first-order chi connectivity index (χ1) is 16.4. The highest BCUT2D eigenvalue weighted by Crippen LogP contribution is 2.50. The van der Waals surface area contributed by atoms with Gasteiger partial charge in [-0.25, -0.2) is 0 Å². The van der Waals surface area contributed by atoms with Crippen molar-refractivity contribution in [3.63, 3.8) is 0 Å². The molecule has 5 heteroatoms. The summed E-state index contributed by atoms with van der Waals surface area (Å²) in [6, 6.07) is 15.3. The maximum Gasteiger partial charge on any atom is 0.224 e. The fourth-order valence-electron chi connectivity index (χ4n) is 6.24. The highest BCUT2D eigenvalue weighted by atomic mass is 35.5. The molecule has 5 rings (SSSR count). The van der Waals surface area contributed by atoms with Crippen molar-refractivity contribution in [2.45, 2.75) is 70.3 Å². The molecule has 1 saturated carbocycles. The molecule has 0 aromatic heterocycles. The Hall–Kier alpha value is -2.04. The largest absolute Gasteiger partial charge is 0.493 e. The molecule has 34 heavy (non-hydrogen) atoms. The summed E-state index contributed by atoms with van der Waals surface area (Å²) in [6.07, 6.45) is 7.68. The average molecular weight is 481 g/mol.